The van der Waals surface area contributed by atoms with Gasteiger partial charge in [0, 0.05) is 25.5 Å². The molecule has 1 atom stereocenters. The van der Waals surface area contributed by atoms with Crippen molar-refractivity contribution in [2.75, 3.05) is 31.1 Å². The second-order valence-corrected chi connectivity index (χ2v) is 6.02. The summed E-state index contributed by atoms with van der Waals surface area (Å²) in [6, 6.07) is 2.13. The van der Waals surface area contributed by atoms with Gasteiger partial charge >= 0.3 is 0 Å². The second-order valence-electron chi connectivity index (χ2n) is 6.02. The van der Waals surface area contributed by atoms with E-state index in [9.17, 15) is 0 Å². The van der Waals surface area contributed by atoms with Gasteiger partial charge in [-0.3, -0.25) is 0 Å². The molecular formula is C16H25N5. The summed E-state index contributed by atoms with van der Waals surface area (Å²) in [5.74, 6) is 1.79. The molecule has 1 aliphatic heterocycles. The zero-order valence-electron chi connectivity index (χ0n) is 13.0. The molecule has 114 valence electrons. The summed E-state index contributed by atoms with van der Waals surface area (Å²) in [4.78, 5) is 7.09. The van der Waals surface area contributed by atoms with Crippen LogP contribution in [0, 0.1) is 12.8 Å². The number of hydrogen-bond donors (Lipinski definition) is 1. The van der Waals surface area contributed by atoms with E-state index in [0.717, 1.165) is 49.0 Å². The first-order valence-corrected chi connectivity index (χ1v) is 8.04. The highest BCUT2D eigenvalue weighted by atomic mass is 15.3. The quantitative estimate of drug-likeness (QED) is 0.916. The summed E-state index contributed by atoms with van der Waals surface area (Å²) >= 11 is 0. The average molecular weight is 287 g/mol. The third-order valence-electron chi connectivity index (χ3n) is 4.16. The number of rotatable bonds is 5. The molecule has 0 radical (unpaired) electrons. The molecule has 21 heavy (non-hydrogen) atoms. The highest BCUT2D eigenvalue weighted by Gasteiger charge is 2.19. The Morgan fingerprint density at radius 2 is 2.38 bits per heavy atom. The third-order valence-corrected chi connectivity index (χ3v) is 4.16. The second kappa shape index (κ2) is 6.43. The van der Waals surface area contributed by atoms with E-state index in [0.29, 0.717) is 0 Å². The van der Waals surface area contributed by atoms with Crippen molar-refractivity contribution in [3.8, 4) is 0 Å². The minimum Gasteiger partial charge on any atom is -0.355 e. The van der Waals surface area contributed by atoms with Crippen LogP contribution < -0.4 is 10.2 Å². The molecule has 1 unspecified atom stereocenters. The maximum absolute atomic E-state index is 4.65. The van der Waals surface area contributed by atoms with Crippen LogP contribution in [-0.2, 0) is 0 Å². The van der Waals surface area contributed by atoms with Crippen LogP contribution >= 0.6 is 0 Å². The van der Waals surface area contributed by atoms with E-state index in [1.807, 2.05) is 23.8 Å². The summed E-state index contributed by atoms with van der Waals surface area (Å²) in [6.45, 7) is 8.69. The Morgan fingerprint density at radius 1 is 1.48 bits per heavy atom. The maximum Gasteiger partial charge on any atom is 0.154 e. The summed E-state index contributed by atoms with van der Waals surface area (Å²) in [6.07, 6.45) is 7.52. The lowest BCUT2D eigenvalue weighted by molar-refractivity contribution is 0.376. The number of piperidine rings is 1. The third kappa shape index (κ3) is 3.18. The van der Waals surface area contributed by atoms with Gasteiger partial charge < -0.3 is 10.2 Å². The van der Waals surface area contributed by atoms with Crippen LogP contribution in [0.25, 0.3) is 5.52 Å². The molecule has 1 aliphatic rings. The molecule has 0 amide bonds. The topological polar surface area (TPSA) is 45.5 Å². The number of fused-ring (bicyclic) bond motifs is 1. The molecule has 0 spiro atoms. The predicted molar refractivity (Wildman–Crippen MR) is 85.8 cm³/mol. The van der Waals surface area contributed by atoms with Gasteiger partial charge in [-0.1, -0.05) is 6.92 Å². The van der Waals surface area contributed by atoms with Crippen molar-refractivity contribution >= 4 is 11.3 Å². The van der Waals surface area contributed by atoms with Crippen molar-refractivity contribution in [3.63, 3.8) is 0 Å². The molecule has 1 fully saturated rings. The lowest BCUT2D eigenvalue weighted by atomic mass is 9.99. The lowest BCUT2D eigenvalue weighted by Gasteiger charge is -2.31. The number of nitrogens with zero attached hydrogens (tertiary/aromatic N) is 4. The van der Waals surface area contributed by atoms with Crippen molar-refractivity contribution in [2.24, 2.45) is 5.92 Å². The zero-order chi connectivity index (χ0) is 14.7. The molecule has 3 heterocycles. The van der Waals surface area contributed by atoms with Crippen molar-refractivity contribution in [1.82, 2.24) is 19.9 Å². The van der Waals surface area contributed by atoms with Gasteiger partial charge in [0.1, 0.15) is 5.52 Å². The summed E-state index contributed by atoms with van der Waals surface area (Å²) in [5, 5.41) is 8.01. The molecule has 0 aromatic carbocycles. The van der Waals surface area contributed by atoms with E-state index >= 15 is 0 Å². The van der Waals surface area contributed by atoms with Crippen molar-refractivity contribution in [3.05, 3.63) is 24.2 Å². The van der Waals surface area contributed by atoms with Gasteiger partial charge in [0.15, 0.2) is 5.82 Å². The number of hydrogen-bond acceptors (Lipinski definition) is 4. The van der Waals surface area contributed by atoms with E-state index in [1.54, 1.807) is 0 Å². The largest absolute Gasteiger partial charge is 0.355 e. The van der Waals surface area contributed by atoms with Crippen molar-refractivity contribution in [1.29, 1.82) is 0 Å². The zero-order valence-corrected chi connectivity index (χ0v) is 13.0. The van der Waals surface area contributed by atoms with Crippen LogP contribution in [0.15, 0.2) is 18.5 Å². The standard InChI is InChI=1S/C16H25N5/c1-3-8-20(12-14-5-4-6-17-11-14)16-15-10-13(2)19-21(15)9-7-18-16/h7,9-10,14,17H,3-6,8,11-12H2,1-2H3. The van der Waals surface area contributed by atoms with Crippen LogP contribution in [0.2, 0.25) is 0 Å². The van der Waals surface area contributed by atoms with Crippen LogP contribution in [0.5, 0.6) is 0 Å². The van der Waals surface area contributed by atoms with Crippen molar-refractivity contribution in [2.45, 2.75) is 33.1 Å². The van der Waals surface area contributed by atoms with Gasteiger partial charge in [0.05, 0.1) is 5.69 Å². The number of aryl methyl sites for hydroxylation is 1. The molecule has 5 heteroatoms. The highest BCUT2D eigenvalue weighted by Crippen LogP contribution is 2.22. The van der Waals surface area contributed by atoms with Gasteiger partial charge in [-0.25, -0.2) is 9.50 Å². The van der Waals surface area contributed by atoms with Gasteiger partial charge in [-0.05, 0) is 51.3 Å². The van der Waals surface area contributed by atoms with E-state index in [-0.39, 0.29) is 0 Å². The molecule has 3 rings (SSSR count). The number of aromatic nitrogens is 3. The van der Waals surface area contributed by atoms with Crippen LogP contribution in [-0.4, -0.2) is 40.8 Å². The smallest absolute Gasteiger partial charge is 0.154 e. The lowest BCUT2D eigenvalue weighted by Crippen LogP contribution is -2.39. The molecule has 2 aromatic rings. The Bertz CT molecular complexity index is 585. The van der Waals surface area contributed by atoms with Crippen LogP contribution in [0.1, 0.15) is 31.9 Å². The maximum atomic E-state index is 4.65. The molecular weight excluding hydrogens is 262 g/mol. The fourth-order valence-corrected chi connectivity index (χ4v) is 3.22. The Labute approximate surface area is 126 Å². The van der Waals surface area contributed by atoms with E-state index < -0.39 is 0 Å². The minimum atomic E-state index is 0.719. The van der Waals surface area contributed by atoms with Gasteiger partial charge in [0.2, 0.25) is 0 Å². The molecule has 0 bridgehead atoms. The average Bonchev–Trinajstić information content (AvgIpc) is 2.88. The predicted octanol–water partition coefficient (Wildman–Crippen LogP) is 2.25. The highest BCUT2D eigenvalue weighted by molar-refractivity contribution is 5.69. The van der Waals surface area contributed by atoms with E-state index in [2.05, 4.69) is 33.3 Å². The Kier molecular flexibility index (Phi) is 4.39. The molecule has 0 saturated carbocycles. The molecule has 1 saturated heterocycles. The van der Waals surface area contributed by atoms with Gasteiger partial charge in [0.25, 0.3) is 0 Å². The van der Waals surface area contributed by atoms with E-state index in [4.69, 9.17) is 0 Å². The SMILES string of the molecule is CCCN(CC1CCCNC1)c1nccn2nc(C)cc12. The molecule has 5 nitrogen and oxygen atoms in total. The van der Waals surface area contributed by atoms with Crippen molar-refractivity contribution < 1.29 is 0 Å². The summed E-state index contributed by atoms with van der Waals surface area (Å²) < 4.78 is 1.94. The first kappa shape index (κ1) is 14.3. The van der Waals surface area contributed by atoms with Gasteiger partial charge in [-0.2, -0.15) is 5.10 Å². The monoisotopic (exact) mass is 287 g/mol. The minimum absolute atomic E-state index is 0.719. The summed E-state index contributed by atoms with van der Waals surface area (Å²) in [5.41, 5.74) is 2.16. The van der Waals surface area contributed by atoms with Crippen LogP contribution in [0.3, 0.4) is 0 Å². The Hall–Kier alpha value is -1.62. The van der Waals surface area contributed by atoms with Crippen LogP contribution in [0.4, 0.5) is 5.82 Å². The fraction of sp³-hybridized carbons (Fsp3) is 0.625. The molecule has 2 aromatic heterocycles. The van der Waals surface area contributed by atoms with E-state index in [1.165, 1.54) is 19.4 Å². The Balaban J connectivity index is 1.87. The summed E-state index contributed by atoms with van der Waals surface area (Å²) in [7, 11) is 0. The molecule has 0 aliphatic carbocycles. The number of anilines is 1. The normalized spacial score (nSPS) is 19.0. The first-order chi connectivity index (χ1) is 10.3. The number of nitrogens with one attached hydrogen (secondary N) is 1. The fourth-order valence-electron chi connectivity index (χ4n) is 3.22. The Morgan fingerprint density at radius 3 is 3.14 bits per heavy atom. The van der Waals surface area contributed by atoms with Gasteiger partial charge in [-0.15, -0.1) is 0 Å². The molecule has 1 N–H and O–H groups in total. The first-order valence-electron chi connectivity index (χ1n) is 8.04.